The second kappa shape index (κ2) is 6.72. The van der Waals surface area contributed by atoms with Crippen LogP contribution >= 0.6 is 0 Å². The summed E-state index contributed by atoms with van der Waals surface area (Å²) in [6.45, 7) is 3.02. The van der Waals surface area contributed by atoms with Gasteiger partial charge in [0.1, 0.15) is 11.3 Å². The quantitative estimate of drug-likeness (QED) is 0.766. The van der Waals surface area contributed by atoms with Crippen LogP contribution in [0.2, 0.25) is 0 Å². The Balaban J connectivity index is 1.40. The molecule has 2 fully saturated rings. The van der Waals surface area contributed by atoms with E-state index in [-0.39, 0.29) is 36.0 Å². The summed E-state index contributed by atoms with van der Waals surface area (Å²) in [6.07, 6.45) is 1.33. The number of piperidine rings is 1. The molecule has 0 radical (unpaired) electrons. The maximum absolute atomic E-state index is 12.5. The van der Waals surface area contributed by atoms with Crippen LogP contribution in [0.1, 0.15) is 18.4 Å². The molecule has 4 rings (SSSR count). The van der Waals surface area contributed by atoms with Crippen molar-refractivity contribution < 1.29 is 18.7 Å². The Bertz CT molecular complexity index is 966. The minimum Gasteiger partial charge on any atom is -0.484 e. The third-order valence-corrected chi connectivity index (χ3v) is 5.66. The third-order valence-electron chi connectivity index (χ3n) is 5.66. The van der Waals surface area contributed by atoms with Crippen molar-refractivity contribution in [2.45, 2.75) is 25.8 Å². The largest absolute Gasteiger partial charge is 0.484 e. The molecule has 27 heavy (non-hydrogen) atoms. The smallest absolute Gasteiger partial charge is 0.336 e. The molecule has 0 spiro atoms. The van der Waals surface area contributed by atoms with Gasteiger partial charge in [-0.05, 0) is 37.1 Å². The molecule has 2 aliphatic rings. The van der Waals surface area contributed by atoms with Crippen LogP contribution < -0.4 is 10.4 Å². The summed E-state index contributed by atoms with van der Waals surface area (Å²) in [5, 5.41) is 0.785. The lowest BCUT2D eigenvalue weighted by Gasteiger charge is -2.36. The van der Waals surface area contributed by atoms with Gasteiger partial charge in [-0.25, -0.2) is 4.79 Å². The molecule has 0 bridgehead atoms. The molecule has 1 aromatic carbocycles. The molecule has 0 aliphatic carbocycles. The molecular weight excluding hydrogens is 348 g/mol. The molecule has 2 atom stereocenters. The molecule has 2 aliphatic heterocycles. The number of nitrogens with zero attached hydrogens (tertiary/aromatic N) is 2. The van der Waals surface area contributed by atoms with Crippen molar-refractivity contribution in [2.75, 3.05) is 26.7 Å². The minimum atomic E-state index is -0.386. The lowest BCUT2D eigenvalue weighted by atomic mass is 9.93. The molecule has 2 aromatic rings. The Hall–Kier alpha value is -2.83. The van der Waals surface area contributed by atoms with E-state index >= 15 is 0 Å². The number of likely N-dealkylation sites (tertiary alicyclic amines) is 2. The number of rotatable bonds is 3. The molecule has 2 amide bonds. The van der Waals surface area contributed by atoms with Crippen LogP contribution in [0.5, 0.6) is 5.75 Å². The summed E-state index contributed by atoms with van der Waals surface area (Å²) < 4.78 is 10.8. The van der Waals surface area contributed by atoms with E-state index in [4.69, 9.17) is 9.15 Å². The van der Waals surface area contributed by atoms with E-state index in [1.54, 1.807) is 23.1 Å². The van der Waals surface area contributed by atoms with E-state index in [2.05, 4.69) is 0 Å². The number of hydrogen-bond donors (Lipinski definition) is 0. The van der Waals surface area contributed by atoms with E-state index in [1.165, 1.54) is 6.07 Å². The Morgan fingerprint density at radius 3 is 2.93 bits per heavy atom. The topological polar surface area (TPSA) is 80.1 Å². The van der Waals surface area contributed by atoms with Gasteiger partial charge < -0.3 is 19.0 Å². The zero-order chi connectivity index (χ0) is 19.1. The van der Waals surface area contributed by atoms with Crippen molar-refractivity contribution in [1.82, 2.24) is 9.80 Å². The summed E-state index contributed by atoms with van der Waals surface area (Å²) in [5.41, 5.74) is 0.911. The van der Waals surface area contributed by atoms with Crippen molar-refractivity contribution in [3.05, 3.63) is 40.2 Å². The second-order valence-electron chi connectivity index (χ2n) is 7.36. The van der Waals surface area contributed by atoms with Crippen LogP contribution in [-0.2, 0) is 9.59 Å². The molecule has 2 saturated heterocycles. The van der Waals surface area contributed by atoms with Gasteiger partial charge in [0.2, 0.25) is 5.91 Å². The monoisotopic (exact) mass is 370 g/mol. The van der Waals surface area contributed by atoms with Crippen LogP contribution in [0.15, 0.2) is 33.5 Å². The zero-order valence-electron chi connectivity index (χ0n) is 15.4. The summed E-state index contributed by atoms with van der Waals surface area (Å²) >= 11 is 0. The number of hydrogen-bond acceptors (Lipinski definition) is 5. The fourth-order valence-electron chi connectivity index (χ4n) is 4.13. The Kier molecular flexibility index (Phi) is 4.37. The fourth-order valence-corrected chi connectivity index (χ4v) is 4.13. The van der Waals surface area contributed by atoms with Gasteiger partial charge in [-0.15, -0.1) is 0 Å². The van der Waals surface area contributed by atoms with Gasteiger partial charge in [0.15, 0.2) is 6.61 Å². The van der Waals surface area contributed by atoms with Crippen molar-refractivity contribution in [2.24, 2.45) is 5.92 Å². The minimum absolute atomic E-state index is 0.0531. The van der Waals surface area contributed by atoms with Crippen molar-refractivity contribution in [3.63, 3.8) is 0 Å². The molecule has 7 nitrogen and oxygen atoms in total. The number of carbonyl (C=O) groups excluding carboxylic acids is 2. The number of carbonyl (C=O) groups is 2. The first kappa shape index (κ1) is 17.6. The van der Waals surface area contributed by atoms with Crippen LogP contribution in [0.4, 0.5) is 0 Å². The van der Waals surface area contributed by atoms with Gasteiger partial charge in [-0.2, -0.15) is 0 Å². The van der Waals surface area contributed by atoms with Crippen LogP contribution in [0, 0.1) is 12.8 Å². The number of amides is 2. The standard InChI is InChI=1S/C20H22N2O5/c1-12-7-20(25)27-17-4-3-14(9-15(12)17)26-11-19(24)22-6-5-16-13(10-22)8-18(23)21(16)2/h3-4,7,9,13,16H,5-6,8,10-11H2,1-2H3/t13-,16+/m1/s1. The van der Waals surface area contributed by atoms with Gasteiger partial charge in [-0.1, -0.05) is 0 Å². The predicted octanol–water partition coefficient (Wildman–Crippen LogP) is 1.56. The maximum Gasteiger partial charge on any atom is 0.336 e. The van der Waals surface area contributed by atoms with Gasteiger partial charge >= 0.3 is 5.63 Å². The molecule has 0 unspecified atom stereocenters. The van der Waals surface area contributed by atoms with Gasteiger partial charge in [0, 0.05) is 50.0 Å². The second-order valence-corrected chi connectivity index (χ2v) is 7.36. The molecule has 1 aromatic heterocycles. The summed E-state index contributed by atoms with van der Waals surface area (Å²) in [4.78, 5) is 39.4. The first-order chi connectivity index (χ1) is 12.9. The zero-order valence-corrected chi connectivity index (χ0v) is 15.4. The van der Waals surface area contributed by atoms with Gasteiger partial charge in [0.25, 0.3) is 5.91 Å². The summed E-state index contributed by atoms with van der Waals surface area (Å²) in [6, 6.07) is 6.82. The predicted molar refractivity (Wildman–Crippen MR) is 98.6 cm³/mol. The SMILES string of the molecule is Cc1cc(=O)oc2ccc(OCC(=O)N3CC[C@H]4[C@H](CC(=O)N4C)C3)cc12. The first-order valence-electron chi connectivity index (χ1n) is 9.13. The highest BCUT2D eigenvalue weighted by atomic mass is 16.5. The average Bonchev–Trinajstić information content (AvgIpc) is 2.93. The molecule has 0 saturated carbocycles. The normalized spacial score (nSPS) is 22.2. The van der Waals surface area contributed by atoms with Gasteiger partial charge in [-0.3, -0.25) is 9.59 Å². The molecule has 142 valence electrons. The van der Waals surface area contributed by atoms with Crippen molar-refractivity contribution >= 4 is 22.8 Å². The van der Waals surface area contributed by atoms with E-state index in [9.17, 15) is 14.4 Å². The molecule has 0 N–H and O–H groups in total. The van der Waals surface area contributed by atoms with Crippen molar-refractivity contribution in [3.8, 4) is 5.75 Å². The molecule has 7 heteroatoms. The number of aryl methyl sites for hydroxylation is 1. The molecule has 3 heterocycles. The third kappa shape index (κ3) is 3.29. The number of benzene rings is 1. The first-order valence-corrected chi connectivity index (χ1v) is 9.13. The maximum atomic E-state index is 12.5. The van der Waals surface area contributed by atoms with Crippen LogP contribution in [0.25, 0.3) is 11.0 Å². The Morgan fingerprint density at radius 2 is 2.11 bits per heavy atom. The highest BCUT2D eigenvalue weighted by molar-refractivity contribution is 5.82. The summed E-state index contributed by atoms with van der Waals surface area (Å²) in [5.74, 6) is 0.852. The number of fused-ring (bicyclic) bond motifs is 2. The van der Waals surface area contributed by atoms with E-state index < -0.39 is 0 Å². The Morgan fingerprint density at radius 1 is 1.30 bits per heavy atom. The Labute approximate surface area is 156 Å². The van der Waals surface area contributed by atoms with Crippen molar-refractivity contribution in [1.29, 1.82) is 0 Å². The lowest BCUT2D eigenvalue weighted by molar-refractivity contribution is -0.135. The highest BCUT2D eigenvalue weighted by Crippen LogP contribution is 2.31. The summed E-state index contributed by atoms with van der Waals surface area (Å²) in [7, 11) is 1.84. The van der Waals surface area contributed by atoms with Gasteiger partial charge in [0.05, 0.1) is 0 Å². The lowest BCUT2D eigenvalue weighted by Crippen LogP contribution is -2.48. The van der Waals surface area contributed by atoms with Crippen LogP contribution in [0.3, 0.4) is 0 Å². The average molecular weight is 370 g/mol. The number of ether oxygens (including phenoxy) is 1. The van der Waals surface area contributed by atoms with E-state index in [0.717, 1.165) is 17.4 Å². The van der Waals surface area contributed by atoms with Crippen LogP contribution in [-0.4, -0.2) is 54.4 Å². The highest BCUT2D eigenvalue weighted by Gasteiger charge is 2.41. The van der Waals surface area contributed by atoms with E-state index in [1.807, 2.05) is 18.9 Å². The molecular formula is C20H22N2O5. The van der Waals surface area contributed by atoms with E-state index in [0.29, 0.717) is 30.8 Å². The fraction of sp³-hybridized carbons (Fsp3) is 0.450.